The number of aryl methyl sites for hydroxylation is 1. The van der Waals surface area contributed by atoms with Crippen LogP contribution in [0.4, 0.5) is 0 Å². The minimum Gasteiger partial charge on any atom is -0.487 e. The fourth-order valence-electron chi connectivity index (χ4n) is 2.52. The third-order valence-electron chi connectivity index (χ3n) is 3.86. The molecule has 0 heterocycles. The van der Waals surface area contributed by atoms with Gasteiger partial charge >= 0.3 is 0 Å². The summed E-state index contributed by atoms with van der Waals surface area (Å²) in [5.74, 6) is 1.03. The van der Waals surface area contributed by atoms with Crippen molar-refractivity contribution in [2.24, 2.45) is 0 Å². The molecule has 1 aromatic carbocycles. The lowest BCUT2D eigenvalue weighted by Gasteiger charge is -2.42. The Kier molecular flexibility index (Phi) is 4.91. The van der Waals surface area contributed by atoms with E-state index in [4.69, 9.17) is 4.74 Å². The maximum atomic E-state index is 6.34. The molecule has 0 aromatic heterocycles. The van der Waals surface area contributed by atoms with Gasteiger partial charge in [0, 0.05) is 10.5 Å². The van der Waals surface area contributed by atoms with Gasteiger partial charge in [0.05, 0.1) is 0 Å². The van der Waals surface area contributed by atoms with Crippen molar-refractivity contribution in [2.45, 2.75) is 58.1 Å². The number of nitrogens with one attached hydrogen (secondary N) is 1. The minimum absolute atomic E-state index is 0.0699. The van der Waals surface area contributed by atoms with Crippen LogP contribution in [0.15, 0.2) is 22.7 Å². The molecular weight excluding hydrogens is 302 g/mol. The highest BCUT2D eigenvalue weighted by Crippen LogP contribution is 2.40. The molecule has 1 saturated carbocycles. The van der Waals surface area contributed by atoms with Crippen molar-refractivity contribution >= 4 is 15.9 Å². The van der Waals surface area contributed by atoms with Gasteiger partial charge < -0.3 is 10.1 Å². The van der Waals surface area contributed by atoms with Crippen LogP contribution in [-0.4, -0.2) is 18.2 Å². The summed E-state index contributed by atoms with van der Waals surface area (Å²) in [4.78, 5) is 0. The van der Waals surface area contributed by atoms with Crippen molar-refractivity contribution in [2.75, 3.05) is 6.54 Å². The zero-order valence-corrected chi connectivity index (χ0v) is 13.7. The van der Waals surface area contributed by atoms with Crippen LogP contribution in [0.3, 0.4) is 0 Å². The third-order valence-corrected chi connectivity index (χ3v) is 4.35. The van der Waals surface area contributed by atoms with E-state index in [1.807, 2.05) is 0 Å². The first-order chi connectivity index (χ1) is 9.01. The summed E-state index contributed by atoms with van der Waals surface area (Å²) in [6.07, 6.45) is 4.75. The van der Waals surface area contributed by atoms with Gasteiger partial charge in [0.2, 0.25) is 0 Å². The number of hydrogen-bond donors (Lipinski definition) is 1. The second kappa shape index (κ2) is 6.27. The SMILES string of the molecule is Cc1cc(Br)ccc1OC1(CCNC(C)C)CCC1. The van der Waals surface area contributed by atoms with E-state index in [-0.39, 0.29) is 5.60 Å². The summed E-state index contributed by atoms with van der Waals surface area (Å²) >= 11 is 3.50. The molecule has 0 amide bonds. The van der Waals surface area contributed by atoms with Crippen LogP contribution in [0.2, 0.25) is 0 Å². The molecule has 3 heteroatoms. The van der Waals surface area contributed by atoms with E-state index < -0.39 is 0 Å². The molecule has 0 spiro atoms. The Balaban J connectivity index is 1.98. The molecular formula is C16H24BrNO. The second-order valence-corrected chi connectivity index (χ2v) is 6.82. The van der Waals surface area contributed by atoms with Gasteiger partial charge in [0.25, 0.3) is 0 Å². The van der Waals surface area contributed by atoms with E-state index in [2.05, 4.69) is 60.2 Å². The van der Waals surface area contributed by atoms with Crippen molar-refractivity contribution in [1.82, 2.24) is 5.32 Å². The number of ether oxygens (including phenoxy) is 1. The van der Waals surface area contributed by atoms with E-state index in [0.29, 0.717) is 6.04 Å². The Labute approximate surface area is 125 Å². The Morgan fingerprint density at radius 2 is 2.11 bits per heavy atom. The molecule has 0 unspecified atom stereocenters. The lowest BCUT2D eigenvalue weighted by atomic mass is 9.77. The maximum Gasteiger partial charge on any atom is 0.123 e. The highest BCUT2D eigenvalue weighted by atomic mass is 79.9. The third kappa shape index (κ3) is 3.96. The molecule has 1 fully saturated rings. The molecule has 0 radical (unpaired) electrons. The van der Waals surface area contributed by atoms with E-state index in [1.165, 1.54) is 24.8 Å². The molecule has 2 nitrogen and oxygen atoms in total. The lowest BCUT2D eigenvalue weighted by Crippen LogP contribution is -2.46. The lowest BCUT2D eigenvalue weighted by molar-refractivity contribution is -0.0150. The zero-order valence-electron chi connectivity index (χ0n) is 12.1. The predicted octanol–water partition coefficient (Wildman–Crippen LogP) is 4.45. The monoisotopic (exact) mass is 325 g/mol. The summed E-state index contributed by atoms with van der Waals surface area (Å²) in [5.41, 5.74) is 1.28. The Morgan fingerprint density at radius 3 is 2.63 bits per heavy atom. The first-order valence-electron chi connectivity index (χ1n) is 7.19. The van der Waals surface area contributed by atoms with Crippen LogP contribution in [0.25, 0.3) is 0 Å². The highest BCUT2D eigenvalue weighted by Gasteiger charge is 2.39. The average Bonchev–Trinajstić information content (AvgIpc) is 2.28. The molecule has 0 aliphatic heterocycles. The topological polar surface area (TPSA) is 21.3 Å². The second-order valence-electron chi connectivity index (χ2n) is 5.91. The largest absolute Gasteiger partial charge is 0.487 e. The van der Waals surface area contributed by atoms with Crippen molar-refractivity contribution in [3.05, 3.63) is 28.2 Å². The van der Waals surface area contributed by atoms with Gasteiger partial charge in [-0.15, -0.1) is 0 Å². The number of halogens is 1. The van der Waals surface area contributed by atoms with Crippen LogP contribution < -0.4 is 10.1 Å². The molecule has 1 N–H and O–H groups in total. The Morgan fingerprint density at radius 1 is 1.37 bits per heavy atom. The Bertz CT molecular complexity index is 427. The average molecular weight is 326 g/mol. The van der Waals surface area contributed by atoms with Crippen molar-refractivity contribution in [1.29, 1.82) is 0 Å². The normalized spacial score (nSPS) is 17.3. The Hall–Kier alpha value is -0.540. The number of rotatable bonds is 6. The molecule has 106 valence electrons. The van der Waals surface area contributed by atoms with Gasteiger partial charge in [-0.1, -0.05) is 29.8 Å². The van der Waals surface area contributed by atoms with Gasteiger partial charge in [0.1, 0.15) is 11.4 Å². The molecule has 1 aliphatic rings. The first-order valence-corrected chi connectivity index (χ1v) is 7.99. The summed E-state index contributed by atoms with van der Waals surface area (Å²) in [6.45, 7) is 7.52. The van der Waals surface area contributed by atoms with Crippen LogP contribution in [0.1, 0.15) is 45.1 Å². The van der Waals surface area contributed by atoms with Gasteiger partial charge in [0.15, 0.2) is 0 Å². The maximum absolute atomic E-state index is 6.34. The first kappa shape index (κ1) is 14.9. The summed E-state index contributed by atoms with van der Waals surface area (Å²) in [7, 11) is 0. The summed E-state index contributed by atoms with van der Waals surface area (Å²) in [5, 5.41) is 3.49. The van der Waals surface area contributed by atoms with Gasteiger partial charge in [-0.2, -0.15) is 0 Å². The van der Waals surface area contributed by atoms with Gasteiger partial charge in [-0.3, -0.25) is 0 Å². The molecule has 0 saturated heterocycles. The zero-order chi connectivity index (χ0) is 13.9. The number of hydrogen-bond acceptors (Lipinski definition) is 2. The van der Waals surface area contributed by atoms with Gasteiger partial charge in [-0.25, -0.2) is 0 Å². The van der Waals surface area contributed by atoms with E-state index in [0.717, 1.165) is 23.2 Å². The summed E-state index contributed by atoms with van der Waals surface area (Å²) in [6, 6.07) is 6.80. The minimum atomic E-state index is 0.0699. The van der Waals surface area contributed by atoms with E-state index >= 15 is 0 Å². The fraction of sp³-hybridized carbons (Fsp3) is 0.625. The molecule has 2 rings (SSSR count). The quantitative estimate of drug-likeness (QED) is 0.834. The molecule has 1 aliphatic carbocycles. The van der Waals surface area contributed by atoms with E-state index in [1.54, 1.807) is 0 Å². The van der Waals surface area contributed by atoms with Crippen LogP contribution in [0.5, 0.6) is 5.75 Å². The van der Waals surface area contributed by atoms with Crippen molar-refractivity contribution in [3.8, 4) is 5.75 Å². The highest BCUT2D eigenvalue weighted by molar-refractivity contribution is 9.10. The predicted molar refractivity (Wildman–Crippen MR) is 83.8 cm³/mol. The summed E-state index contributed by atoms with van der Waals surface area (Å²) < 4.78 is 7.46. The molecule has 19 heavy (non-hydrogen) atoms. The smallest absolute Gasteiger partial charge is 0.123 e. The molecule has 0 atom stereocenters. The fourth-order valence-corrected chi connectivity index (χ4v) is 3.00. The van der Waals surface area contributed by atoms with Crippen LogP contribution in [-0.2, 0) is 0 Å². The van der Waals surface area contributed by atoms with E-state index in [9.17, 15) is 0 Å². The van der Waals surface area contributed by atoms with Crippen LogP contribution >= 0.6 is 15.9 Å². The van der Waals surface area contributed by atoms with Gasteiger partial charge in [-0.05, 0) is 62.9 Å². The molecule has 0 bridgehead atoms. The standard InChI is InChI=1S/C16H24BrNO/c1-12(2)18-10-9-16(7-4-8-16)19-15-6-5-14(17)11-13(15)3/h5-6,11-12,18H,4,7-10H2,1-3H3. The molecule has 1 aromatic rings. The van der Waals surface area contributed by atoms with Crippen LogP contribution in [0, 0.1) is 6.92 Å². The van der Waals surface area contributed by atoms with Crippen molar-refractivity contribution in [3.63, 3.8) is 0 Å². The number of benzene rings is 1. The van der Waals surface area contributed by atoms with Crippen molar-refractivity contribution < 1.29 is 4.74 Å².